The van der Waals surface area contributed by atoms with Crippen molar-refractivity contribution in [2.75, 3.05) is 32.7 Å². The minimum Gasteiger partial charge on any atom is -0.461 e. The maximum atomic E-state index is 10.1. The van der Waals surface area contributed by atoms with Gasteiger partial charge in [-0.25, -0.2) is 4.98 Å². The number of nitrogens with zero attached hydrogens (tertiary/aromatic N) is 4. The average molecular weight is 341 g/mol. The summed E-state index contributed by atoms with van der Waals surface area (Å²) in [6.45, 7) is 0.169. The van der Waals surface area contributed by atoms with Crippen LogP contribution in [0.4, 0.5) is 5.82 Å². The first-order valence-electron chi connectivity index (χ1n) is 7.31. The molecule has 0 aliphatic carbocycles. The fourth-order valence-corrected chi connectivity index (χ4v) is 2.49. The Balaban J connectivity index is 1.94. The Morgan fingerprint density at radius 3 is 2.75 bits per heavy atom. The molecule has 1 saturated heterocycles. The van der Waals surface area contributed by atoms with Crippen molar-refractivity contribution in [3.63, 3.8) is 0 Å². The van der Waals surface area contributed by atoms with Gasteiger partial charge >= 0.3 is 6.01 Å². The van der Waals surface area contributed by atoms with E-state index in [0.717, 1.165) is 0 Å². The molecular weight excluding hydrogens is 322 g/mol. The normalized spacial score (nSPS) is 27.0. The smallest absolute Gasteiger partial charge is 0.320 e. The van der Waals surface area contributed by atoms with Gasteiger partial charge in [0.1, 0.15) is 24.9 Å². The summed E-state index contributed by atoms with van der Waals surface area (Å²) in [5.74, 6) is 0.109. The van der Waals surface area contributed by atoms with Crippen LogP contribution in [0.15, 0.2) is 6.33 Å². The van der Waals surface area contributed by atoms with Crippen LogP contribution in [-0.2, 0) is 9.47 Å². The number of hydrogen-bond acceptors (Lipinski definition) is 10. The number of aromatic nitrogens is 4. The SMILES string of the molecule is COCCOc1nc(N)c2ncn([C@@H]3O[C@H](CO)[C@@H](O)[C@H]3O)c2n1. The molecule has 0 amide bonds. The minimum absolute atomic E-state index is 0.0329. The first-order valence-corrected chi connectivity index (χ1v) is 7.31. The van der Waals surface area contributed by atoms with Crippen molar-refractivity contribution in [3.05, 3.63) is 6.33 Å². The molecule has 0 unspecified atom stereocenters. The van der Waals surface area contributed by atoms with Gasteiger partial charge in [0.05, 0.1) is 19.5 Å². The molecule has 132 valence electrons. The second-order valence-corrected chi connectivity index (χ2v) is 5.29. The van der Waals surface area contributed by atoms with Crippen molar-refractivity contribution < 1.29 is 29.5 Å². The number of anilines is 1. The van der Waals surface area contributed by atoms with E-state index in [1.54, 1.807) is 7.11 Å². The summed E-state index contributed by atoms with van der Waals surface area (Å²) in [6, 6.07) is 0.0329. The van der Waals surface area contributed by atoms with Crippen molar-refractivity contribution in [2.24, 2.45) is 0 Å². The number of rotatable bonds is 6. The molecule has 0 saturated carbocycles. The first kappa shape index (κ1) is 16.8. The lowest BCUT2D eigenvalue weighted by atomic mass is 10.1. The second kappa shape index (κ2) is 6.83. The van der Waals surface area contributed by atoms with Crippen LogP contribution in [-0.4, -0.2) is 80.1 Å². The van der Waals surface area contributed by atoms with Gasteiger partial charge in [0.15, 0.2) is 23.2 Å². The molecule has 1 fully saturated rings. The summed E-state index contributed by atoms with van der Waals surface area (Å²) < 4.78 is 17.1. The van der Waals surface area contributed by atoms with Gasteiger partial charge in [-0.1, -0.05) is 0 Å². The van der Waals surface area contributed by atoms with Gasteiger partial charge in [0.2, 0.25) is 0 Å². The van der Waals surface area contributed by atoms with Crippen LogP contribution < -0.4 is 10.5 Å². The molecule has 2 aromatic heterocycles. The lowest BCUT2D eigenvalue weighted by molar-refractivity contribution is -0.0511. The topological polar surface area (TPSA) is 158 Å². The Hall–Kier alpha value is -2.05. The molecule has 3 rings (SSSR count). The van der Waals surface area contributed by atoms with Crippen molar-refractivity contribution >= 4 is 17.0 Å². The molecule has 4 atom stereocenters. The molecule has 24 heavy (non-hydrogen) atoms. The van der Waals surface area contributed by atoms with Gasteiger partial charge in [-0.05, 0) is 0 Å². The predicted molar refractivity (Wildman–Crippen MR) is 80.1 cm³/mol. The van der Waals surface area contributed by atoms with Gasteiger partial charge < -0.3 is 35.3 Å². The molecule has 0 aromatic carbocycles. The zero-order valence-corrected chi connectivity index (χ0v) is 12.9. The summed E-state index contributed by atoms with van der Waals surface area (Å²) in [6.07, 6.45) is -2.99. The molecule has 0 spiro atoms. The number of fused-ring (bicyclic) bond motifs is 1. The van der Waals surface area contributed by atoms with Crippen molar-refractivity contribution in [2.45, 2.75) is 24.5 Å². The third kappa shape index (κ3) is 2.87. The van der Waals surface area contributed by atoms with Crippen LogP contribution in [0.3, 0.4) is 0 Å². The zero-order chi connectivity index (χ0) is 17.3. The standard InChI is InChI=1S/C13H19N5O6/c1-22-2-3-23-13-16-10(14)7-11(17-13)18(5-15-7)12-9(21)8(20)6(4-19)24-12/h5-6,8-9,12,19-21H,2-4H2,1H3,(H2,14,16,17)/t6-,8-,9-,12-/m1/s1. The fourth-order valence-electron chi connectivity index (χ4n) is 2.49. The monoisotopic (exact) mass is 341 g/mol. The van der Waals surface area contributed by atoms with Crippen molar-refractivity contribution in [1.29, 1.82) is 0 Å². The largest absolute Gasteiger partial charge is 0.461 e. The summed E-state index contributed by atoms with van der Waals surface area (Å²) in [5, 5.41) is 29.2. The van der Waals surface area contributed by atoms with Gasteiger partial charge in [-0.3, -0.25) is 4.57 Å². The Morgan fingerprint density at radius 2 is 2.08 bits per heavy atom. The average Bonchev–Trinajstić information content (AvgIpc) is 3.10. The number of hydrogen-bond donors (Lipinski definition) is 4. The highest BCUT2D eigenvalue weighted by atomic mass is 16.6. The summed E-state index contributed by atoms with van der Waals surface area (Å²) >= 11 is 0. The van der Waals surface area contributed by atoms with Crippen LogP contribution in [0.25, 0.3) is 11.2 Å². The third-order valence-electron chi connectivity index (χ3n) is 3.74. The Kier molecular flexibility index (Phi) is 4.78. The van der Waals surface area contributed by atoms with E-state index in [9.17, 15) is 15.3 Å². The number of nitrogens with two attached hydrogens (primary N) is 1. The van der Waals surface area contributed by atoms with E-state index in [2.05, 4.69) is 15.0 Å². The highest BCUT2D eigenvalue weighted by Gasteiger charge is 2.44. The summed E-state index contributed by atoms with van der Waals surface area (Å²) in [4.78, 5) is 12.3. The molecule has 1 aliphatic rings. The van der Waals surface area contributed by atoms with E-state index in [1.165, 1.54) is 10.9 Å². The maximum Gasteiger partial charge on any atom is 0.320 e. The Bertz CT molecular complexity index is 709. The molecular formula is C13H19N5O6. The lowest BCUT2D eigenvalue weighted by Gasteiger charge is -2.16. The van der Waals surface area contributed by atoms with Gasteiger partial charge in [0.25, 0.3) is 0 Å². The zero-order valence-electron chi connectivity index (χ0n) is 12.9. The highest BCUT2D eigenvalue weighted by molar-refractivity contribution is 5.82. The number of imidazole rings is 1. The van der Waals surface area contributed by atoms with E-state index in [1.807, 2.05) is 0 Å². The fraction of sp³-hybridized carbons (Fsp3) is 0.615. The van der Waals surface area contributed by atoms with E-state index in [-0.39, 0.29) is 24.1 Å². The predicted octanol–water partition coefficient (Wildman–Crippen LogP) is -1.95. The summed E-state index contributed by atoms with van der Waals surface area (Å²) in [5.41, 5.74) is 6.45. The van der Waals surface area contributed by atoms with Gasteiger partial charge in [-0.15, -0.1) is 0 Å². The second-order valence-electron chi connectivity index (χ2n) is 5.29. The van der Waals surface area contributed by atoms with Crippen LogP contribution in [0, 0.1) is 0 Å². The summed E-state index contributed by atoms with van der Waals surface area (Å²) in [7, 11) is 1.54. The van der Waals surface area contributed by atoms with E-state index < -0.39 is 31.1 Å². The van der Waals surface area contributed by atoms with Crippen molar-refractivity contribution in [1.82, 2.24) is 19.5 Å². The van der Waals surface area contributed by atoms with Crippen LogP contribution in [0.2, 0.25) is 0 Å². The van der Waals surface area contributed by atoms with Crippen molar-refractivity contribution in [3.8, 4) is 6.01 Å². The molecule has 11 heteroatoms. The molecule has 0 bridgehead atoms. The maximum absolute atomic E-state index is 10.1. The molecule has 1 aliphatic heterocycles. The number of nitrogen functional groups attached to an aromatic ring is 1. The van der Waals surface area contributed by atoms with Gasteiger partial charge in [0, 0.05) is 7.11 Å². The van der Waals surface area contributed by atoms with Crippen LogP contribution in [0.1, 0.15) is 6.23 Å². The van der Waals surface area contributed by atoms with E-state index in [4.69, 9.17) is 19.9 Å². The minimum atomic E-state index is -1.26. The van der Waals surface area contributed by atoms with Gasteiger partial charge in [-0.2, -0.15) is 9.97 Å². The molecule has 2 aromatic rings. The Morgan fingerprint density at radius 1 is 1.29 bits per heavy atom. The lowest BCUT2D eigenvalue weighted by Crippen LogP contribution is -2.33. The number of aliphatic hydroxyl groups is 3. The molecule has 3 heterocycles. The first-order chi connectivity index (χ1) is 11.6. The van der Waals surface area contributed by atoms with E-state index >= 15 is 0 Å². The molecule has 11 nitrogen and oxygen atoms in total. The van der Waals surface area contributed by atoms with Crippen LogP contribution >= 0.6 is 0 Å². The number of aliphatic hydroxyl groups excluding tert-OH is 3. The third-order valence-corrected chi connectivity index (χ3v) is 3.74. The Labute approximate surface area is 136 Å². The van der Waals surface area contributed by atoms with Crippen LogP contribution in [0.5, 0.6) is 6.01 Å². The molecule has 0 radical (unpaired) electrons. The highest BCUT2D eigenvalue weighted by Crippen LogP contribution is 2.32. The quantitative estimate of drug-likeness (QED) is 0.435. The number of ether oxygens (including phenoxy) is 3. The molecule has 5 N–H and O–H groups in total. The van der Waals surface area contributed by atoms with E-state index in [0.29, 0.717) is 12.1 Å². The number of methoxy groups -OCH3 is 1.